The number of ether oxygens (including phenoxy) is 7. The quantitative estimate of drug-likeness (QED) is 0.0296. The topological polar surface area (TPSA) is 221 Å². The Kier molecular flexibility index (Phi) is 25.5. The van der Waals surface area contributed by atoms with Crippen molar-refractivity contribution in [3.63, 3.8) is 0 Å². The van der Waals surface area contributed by atoms with Gasteiger partial charge in [-0.25, -0.2) is 9.59 Å². The maximum atomic E-state index is 14.7. The van der Waals surface area contributed by atoms with Crippen LogP contribution in [-0.2, 0) is 71.5 Å². The molecule has 0 amide bonds. The molecule has 1 N–H and O–H groups in total. The van der Waals surface area contributed by atoms with Gasteiger partial charge >= 0.3 is 53.7 Å². The van der Waals surface area contributed by atoms with E-state index in [9.17, 15) is 38.4 Å². The highest BCUT2D eigenvalue weighted by molar-refractivity contribution is 5.88. The van der Waals surface area contributed by atoms with Crippen LogP contribution in [-0.4, -0.2) is 83.3 Å². The molecule has 0 aromatic heterocycles. The highest BCUT2D eigenvalue weighted by Gasteiger charge is 2.54. The predicted octanol–water partition coefficient (Wildman–Crippen LogP) is 9.20. The molecule has 0 aliphatic rings. The van der Waals surface area contributed by atoms with E-state index >= 15 is 0 Å². The number of carbonyl (C=O) groups excluding carboxylic acids is 7. The number of esters is 7. The minimum absolute atomic E-state index is 0.0559. The van der Waals surface area contributed by atoms with Gasteiger partial charge in [-0.05, 0) is 89.9 Å². The number of aliphatic carboxylic acids is 1. The van der Waals surface area contributed by atoms with Crippen LogP contribution in [0.25, 0.3) is 0 Å². The lowest BCUT2D eigenvalue weighted by Gasteiger charge is -2.39. The number of hydrogen-bond donors (Lipinski definition) is 1. The van der Waals surface area contributed by atoms with Crippen LogP contribution in [0.5, 0.6) is 0 Å². The van der Waals surface area contributed by atoms with E-state index in [1.807, 2.05) is 41.5 Å². The van der Waals surface area contributed by atoms with Gasteiger partial charge in [0.2, 0.25) is 11.2 Å². The second-order valence-corrected chi connectivity index (χ2v) is 19.7. The van der Waals surface area contributed by atoms with Crippen molar-refractivity contribution in [2.24, 2.45) is 34.5 Å². The molecule has 0 saturated carbocycles. The van der Waals surface area contributed by atoms with Crippen LogP contribution in [0.3, 0.4) is 0 Å². The lowest BCUT2D eigenvalue weighted by molar-refractivity contribution is -0.338. The molecule has 0 spiro atoms. The van der Waals surface area contributed by atoms with Gasteiger partial charge in [-0.1, -0.05) is 82.6 Å². The van der Waals surface area contributed by atoms with Gasteiger partial charge < -0.3 is 38.3 Å². The molecule has 16 heteroatoms. The van der Waals surface area contributed by atoms with E-state index in [-0.39, 0.29) is 63.6 Å². The Balaban J connectivity index is 7.59. The smallest absolute Gasteiger partial charge is 0.423 e. The standard InChI is InChI=1S/C48H82O16/c1-16-33(7)29-38(52)61-48(60-37(51)25-24-32(5)6,64-41(55)45(12,13)19-4)27-26-46(14,42(56)58-28-22-20-21-23-36(49)50)63-43(57)47(15,62-40(54)35(17-2)18-3)34(8)31-59-39(53)30-44(9,10)11/h32-35H,16-31H2,1-15H3,(H,49,50). The Labute approximate surface area is 382 Å². The van der Waals surface area contributed by atoms with Crippen LogP contribution in [0, 0.1) is 34.5 Å². The van der Waals surface area contributed by atoms with E-state index in [0.717, 1.165) is 0 Å². The summed E-state index contributed by atoms with van der Waals surface area (Å²) in [4.78, 5) is 107. The van der Waals surface area contributed by atoms with E-state index in [2.05, 4.69) is 0 Å². The molecule has 0 radical (unpaired) electrons. The van der Waals surface area contributed by atoms with Crippen LogP contribution in [0.4, 0.5) is 0 Å². The number of carbonyl (C=O) groups is 8. The molecular weight excluding hydrogens is 833 g/mol. The fourth-order valence-corrected chi connectivity index (χ4v) is 5.80. The second kappa shape index (κ2) is 27.3. The van der Waals surface area contributed by atoms with Gasteiger partial charge in [0.15, 0.2) is 0 Å². The monoisotopic (exact) mass is 915 g/mol. The molecule has 0 aliphatic heterocycles. The minimum atomic E-state index is -2.74. The van der Waals surface area contributed by atoms with Gasteiger partial charge in [0.1, 0.15) is 0 Å². The second-order valence-electron chi connectivity index (χ2n) is 19.7. The molecule has 0 fully saturated rings. The average molecular weight is 915 g/mol. The normalized spacial score (nSPS) is 15.6. The van der Waals surface area contributed by atoms with Gasteiger partial charge in [-0.3, -0.25) is 28.8 Å². The number of carboxylic acid groups (broad SMARTS) is 1. The fraction of sp³-hybridized carbons (Fsp3) is 0.833. The van der Waals surface area contributed by atoms with Crippen molar-refractivity contribution in [2.45, 2.75) is 211 Å². The van der Waals surface area contributed by atoms with Crippen LogP contribution >= 0.6 is 0 Å². The van der Waals surface area contributed by atoms with Crippen molar-refractivity contribution in [1.82, 2.24) is 0 Å². The van der Waals surface area contributed by atoms with Crippen molar-refractivity contribution >= 4 is 47.8 Å². The molecule has 0 rings (SSSR count). The SMILES string of the molecule is CCC(C)CC(=O)OC(CCC(C)(OC(=O)C(C)(OC(=O)C(CC)CC)C(C)COC(=O)CC(C)(C)C)C(=O)OCCCCCC(=O)O)(OC(=O)CCC(C)C)OC(=O)C(C)(C)CC. The van der Waals surface area contributed by atoms with Gasteiger partial charge in [0, 0.05) is 31.6 Å². The summed E-state index contributed by atoms with van der Waals surface area (Å²) >= 11 is 0. The van der Waals surface area contributed by atoms with Crippen LogP contribution < -0.4 is 0 Å². The number of rotatable bonds is 31. The van der Waals surface area contributed by atoms with Gasteiger partial charge in [-0.2, -0.15) is 0 Å². The molecule has 0 bridgehead atoms. The highest BCUT2D eigenvalue weighted by atomic mass is 16.9. The Bertz CT molecular complexity index is 1540. The molecule has 0 aromatic rings. The van der Waals surface area contributed by atoms with Gasteiger partial charge in [0.25, 0.3) is 0 Å². The van der Waals surface area contributed by atoms with Crippen LogP contribution in [0.2, 0.25) is 0 Å². The van der Waals surface area contributed by atoms with Crippen molar-refractivity contribution in [2.75, 3.05) is 13.2 Å². The zero-order valence-electron chi connectivity index (χ0n) is 41.7. The Morgan fingerprint density at radius 1 is 0.594 bits per heavy atom. The summed E-state index contributed by atoms with van der Waals surface area (Å²) in [5.74, 6) is -11.7. The largest absolute Gasteiger partial charge is 0.481 e. The Morgan fingerprint density at radius 3 is 1.70 bits per heavy atom. The van der Waals surface area contributed by atoms with Crippen LogP contribution in [0.15, 0.2) is 0 Å². The molecule has 64 heavy (non-hydrogen) atoms. The molecule has 5 atom stereocenters. The zero-order chi connectivity index (χ0) is 49.7. The first-order valence-electron chi connectivity index (χ1n) is 23.1. The molecule has 0 heterocycles. The molecule has 0 aromatic carbocycles. The lowest BCUT2D eigenvalue weighted by atomic mass is 9.89. The molecule has 16 nitrogen and oxygen atoms in total. The summed E-state index contributed by atoms with van der Waals surface area (Å²) in [7, 11) is 0. The third kappa shape index (κ3) is 21.6. The Morgan fingerprint density at radius 2 is 1.19 bits per heavy atom. The zero-order valence-corrected chi connectivity index (χ0v) is 41.7. The van der Waals surface area contributed by atoms with Crippen molar-refractivity contribution in [1.29, 1.82) is 0 Å². The van der Waals surface area contributed by atoms with Crippen molar-refractivity contribution in [3.8, 4) is 0 Å². The first-order valence-corrected chi connectivity index (χ1v) is 23.1. The maximum Gasteiger partial charge on any atom is 0.423 e. The third-order valence-electron chi connectivity index (χ3n) is 11.4. The molecule has 5 unspecified atom stereocenters. The van der Waals surface area contributed by atoms with E-state index in [0.29, 0.717) is 38.5 Å². The highest BCUT2D eigenvalue weighted by Crippen LogP contribution is 2.36. The number of unbranched alkanes of at least 4 members (excludes halogenated alkanes) is 2. The van der Waals surface area contributed by atoms with E-state index in [1.54, 1.807) is 41.5 Å². The van der Waals surface area contributed by atoms with Gasteiger partial charge in [-0.15, -0.1) is 0 Å². The summed E-state index contributed by atoms with van der Waals surface area (Å²) in [5, 5.41) is 9.05. The van der Waals surface area contributed by atoms with Crippen molar-refractivity contribution < 1.29 is 76.6 Å². The third-order valence-corrected chi connectivity index (χ3v) is 11.4. The fourth-order valence-electron chi connectivity index (χ4n) is 5.80. The summed E-state index contributed by atoms with van der Waals surface area (Å²) in [6, 6.07) is 0. The lowest BCUT2D eigenvalue weighted by Crippen LogP contribution is -2.55. The summed E-state index contributed by atoms with van der Waals surface area (Å²) < 4.78 is 40.7. The number of hydrogen-bond acceptors (Lipinski definition) is 15. The van der Waals surface area contributed by atoms with Crippen molar-refractivity contribution in [3.05, 3.63) is 0 Å². The molecular formula is C48H82O16. The van der Waals surface area contributed by atoms with E-state index in [1.165, 1.54) is 20.8 Å². The van der Waals surface area contributed by atoms with E-state index in [4.69, 9.17) is 38.3 Å². The van der Waals surface area contributed by atoms with Crippen LogP contribution in [0.1, 0.15) is 194 Å². The van der Waals surface area contributed by atoms with E-state index < -0.39 is 100 Å². The first kappa shape index (κ1) is 59.8. The predicted molar refractivity (Wildman–Crippen MR) is 237 cm³/mol. The molecule has 370 valence electrons. The summed E-state index contributed by atoms with van der Waals surface area (Å²) in [6.45, 7) is 24.9. The average Bonchev–Trinajstić information content (AvgIpc) is 3.18. The Hall–Kier alpha value is -4.24. The summed E-state index contributed by atoms with van der Waals surface area (Å²) in [5.41, 5.74) is -6.08. The molecule has 0 aliphatic carbocycles. The maximum absolute atomic E-state index is 14.7. The van der Waals surface area contributed by atoms with Gasteiger partial charge in [0.05, 0.1) is 37.4 Å². The molecule has 0 saturated heterocycles. The number of carboxylic acids is 1. The summed E-state index contributed by atoms with van der Waals surface area (Å²) in [6.07, 6.45) is 1.24. The minimum Gasteiger partial charge on any atom is -0.481 e. The first-order chi connectivity index (χ1) is 29.4.